The molecule has 1 saturated heterocycles. The quantitative estimate of drug-likeness (QED) is 0.866. The van der Waals surface area contributed by atoms with Crippen molar-refractivity contribution in [2.45, 2.75) is 83.5 Å². The van der Waals surface area contributed by atoms with Crippen LogP contribution in [0.2, 0.25) is 0 Å². The minimum Gasteiger partial charge on any atom is -0.381 e. The van der Waals surface area contributed by atoms with Gasteiger partial charge in [0, 0.05) is 38.3 Å². The number of hydrogen-bond donors (Lipinski definition) is 1. The van der Waals surface area contributed by atoms with E-state index >= 15 is 0 Å². The fraction of sp³-hybridized carbons (Fsp3) is 1.00. The molecule has 0 amide bonds. The highest BCUT2D eigenvalue weighted by Crippen LogP contribution is 2.40. The third-order valence-electron chi connectivity index (χ3n) is 6.01. The lowest BCUT2D eigenvalue weighted by molar-refractivity contribution is -0.0151. The Bertz CT molecular complexity index is 348. The summed E-state index contributed by atoms with van der Waals surface area (Å²) in [6.07, 6.45) is 8.61. The van der Waals surface area contributed by atoms with Gasteiger partial charge in [-0.15, -0.1) is 0 Å². The second-order valence-electron chi connectivity index (χ2n) is 8.61. The molecule has 0 aromatic heterocycles. The largest absolute Gasteiger partial charge is 0.381 e. The molecule has 0 spiro atoms. The number of rotatable bonds is 3. The molecule has 4 unspecified atom stereocenters. The maximum Gasteiger partial charge on any atom is 0.0586 e. The summed E-state index contributed by atoms with van der Waals surface area (Å²) in [5.74, 6) is 0.960. The van der Waals surface area contributed by atoms with Crippen molar-refractivity contribution in [2.24, 2.45) is 11.3 Å². The van der Waals surface area contributed by atoms with Gasteiger partial charge in [-0.05, 0) is 49.9 Å². The number of nitrogens with zero attached hydrogens (tertiary/aromatic N) is 1. The van der Waals surface area contributed by atoms with Crippen LogP contribution in [-0.2, 0) is 4.74 Å². The van der Waals surface area contributed by atoms with Crippen LogP contribution < -0.4 is 5.32 Å². The number of piperazine rings is 1. The molecule has 3 aliphatic rings. The Morgan fingerprint density at radius 2 is 1.86 bits per heavy atom. The Morgan fingerprint density at radius 1 is 1.10 bits per heavy atom. The van der Waals surface area contributed by atoms with Gasteiger partial charge in [-0.1, -0.05) is 20.8 Å². The average molecular weight is 294 g/mol. The van der Waals surface area contributed by atoms with Crippen molar-refractivity contribution < 1.29 is 4.74 Å². The molecule has 0 aromatic rings. The molecule has 3 heteroatoms. The van der Waals surface area contributed by atoms with Gasteiger partial charge in [-0.25, -0.2) is 0 Å². The number of methoxy groups -OCH3 is 1. The first-order chi connectivity index (χ1) is 9.99. The van der Waals surface area contributed by atoms with E-state index in [1.807, 2.05) is 7.11 Å². The van der Waals surface area contributed by atoms with Crippen LogP contribution in [0.15, 0.2) is 0 Å². The van der Waals surface area contributed by atoms with Crippen molar-refractivity contribution in [3.8, 4) is 0 Å². The summed E-state index contributed by atoms with van der Waals surface area (Å²) in [4.78, 5) is 2.88. The minimum atomic E-state index is 0.349. The van der Waals surface area contributed by atoms with Crippen LogP contribution >= 0.6 is 0 Å². The Kier molecular flexibility index (Phi) is 4.63. The fourth-order valence-electron chi connectivity index (χ4n) is 4.34. The molecular weight excluding hydrogens is 260 g/mol. The lowest BCUT2D eigenvalue weighted by atomic mass is 9.82. The molecule has 21 heavy (non-hydrogen) atoms. The lowest BCUT2D eigenvalue weighted by Gasteiger charge is -2.50. The van der Waals surface area contributed by atoms with Gasteiger partial charge < -0.3 is 10.1 Å². The van der Waals surface area contributed by atoms with Gasteiger partial charge in [0.1, 0.15) is 0 Å². The van der Waals surface area contributed by atoms with Crippen molar-refractivity contribution in [1.82, 2.24) is 10.2 Å². The molecule has 4 atom stereocenters. The van der Waals surface area contributed by atoms with E-state index in [0.717, 1.165) is 18.0 Å². The fourth-order valence-corrected chi connectivity index (χ4v) is 4.34. The summed E-state index contributed by atoms with van der Waals surface area (Å²) in [7, 11) is 1.89. The van der Waals surface area contributed by atoms with Gasteiger partial charge in [-0.2, -0.15) is 0 Å². The van der Waals surface area contributed by atoms with Crippen LogP contribution in [-0.4, -0.2) is 49.3 Å². The first-order valence-electron chi connectivity index (χ1n) is 9.01. The zero-order chi connectivity index (χ0) is 15.0. The van der Waals surface area contributed by atoms with Crippen LogP contribution in [0, 0.1) is 11.3 Å². The molecule has 3 nitrogen and oxygen atoms in total. The maximum absolute atomic E-state index is 5.68. The van der Waals surface area contributed by atoms with Gasteiger partial charge in [-0.3, -0.25) is 4.90 Å². The topological polar surface area (TPSA) is 24.5 Å². The molecule has 1 aliphatic heterocycles. The van der Waals surface area contributed by atoms with Crippen LogP contribution in [0.3, 0.4) is 0 Å². The molecule has 0 radical (unpaired) electrons. The van der Waals surface area contributed by atoms with Crippen molar-refractivity contribution in [2.75, 3.05) is 20.2 Å². The smallest absolute Gasteiger partial charge is 0.0586 e. The molecule has 2 aliphatic carbocycles. The number of hydrogen-bond acceptors (Lipinski definition) is 3. The highest BCUT2D eigenvalue weighted by molar-refractivity contribution is 5.00. The number of ether oxygens (including phenoxy) is 1. The normalized spacial score (nSPS) is 39.4. The van der Waals surface area contributed by atoms with Crippen LogP contribution in [0.1, 0.15) is 59.3 Å². The van der Waals surface area contributed by atoms with E-state index in [1.165, 1.54) is 51.6 Å². The summed E-state index contributed by atoms with van der Waals surface area (Å²) in [5.41, 5.74) is 0.349. The summed E-state index contributed by atoms with van der Waals surface area (Å²) in [5, 5.41) is 3.85. The molecule has 3 rings (SSSR count). The second kappa shape index (κ2) is 6.17. The standard InChI is InChI=1S/C18H34N2O/c1-18(2,3)17-12-20(16(11-19-17)13-8-9-13)14-6-5-7-15(10-14)21-4/h13-17,19H,5-12H2,1-4H3. The van der Waals surface area contributed by atoms with Crippen molar-refractivity contribution >= 4 is 0 Å². The van der Waals surface area contributed by atoms with E-state index in [4.69, 9.17) is 4.74 Å². The van der Waals surface area contributed by atoms with Gasteiger partial charge >= 0.3 is 0 Å². The molecule has 0 bridgehead atoms. The van der Waals surface area contributed by atoms with E-state index in [0.29, 0.717) is 17.6 Å². The Morgan fingerprint density at radius 3 is 2.48 bits per heavy atom. The Balaban J connectivity index is 1.70. The zero-order valence-electron chi connectivity index (χ0n) is 14.4. The molecule has 1 heterocycles. The molecular formula is C18H34N2O. The van der Waals surface area contributed by atoms with Crippen molar-refractivity contribution in [1.29, 1.82) is 0 Å². The van der Waals surface area contributed by atoms with E-state index in [-0.39, 0.29) is 0 Å². The maximum atomic E-state index is 5.68. The van der Waals surface area contributed by atoms with E-state index in [2.05, 4.69) is 31.0 Å². The van der Waals surface area contributed by atoms with Gasteiger partial charge in [0.25, 0.3) is 0 Å². The Hall–Kier alpha value is -0.120. The first kappa shape index (κ1) is 15.8. The monoisotopic (exact) mass is 294 g/mol. The predicted molar refractivity (Wildman–Crippen MR) is 87.5 cm³/mol. The zero-order valence-corrected chi connectivity index (χ0v) is 14.4. The van der Waals surface area contributed by atoms with Gasteiger partial charge in [0.2, 0.25) is 0 Å². The summed E-state index contributed by atoms with van der Waals surface area (Å²) >= 11 is 0. The lowest BCUT2D eigenvalue weighted by Crippen LogP contribution is -2.63. The average Bonchev–Trinajstić information content (AvgIpc) is 3.30. The molecule has 3 fully saturated rings. The SMILES string of the molecule is COC1CCCC(N2CC(C(C)(C)C)NCC2C2CC2)C1. The van der Waals surface area contributed by atoms with E-state index in [9.17, 15) is 0 Å². The molecule has 0 aromatic carbocycles. The first-order valence-corrected chi connectivity index (χ1v) is 9.01. The third kappa shape index (κ3) is 3.62. The van der Waals surface area contributed by atoms with E-state index < -0.39 is 0 Å². The molecule has 2 saturated carbocycles. The van der Waals surface area contributed by atoms with Gasteiger partial charge in [0.05, 0.1) is 6.10 Å². The second-order valence-corrected chi connectivity index (χ2v) is 8.61. The highest BCUT2D eigenvalue weighted by Gasteiger charge is 2.44. The van der Waals surface area contributed by atoms with Crippen LogP contribution in [0.25, 0.3) is 0 Å². The summed E-state index contributed by atoms with van der Waals surface area (Å²) in [6, 6.07) is 2.15. The van der Waals surface area contributed by atoms with Crippen molar-refractivity contribution in [3.63, 3.8) is 0 Å². The summed E-state index contributed by atoms with van der Waals surface area (Å²) in [6.45, 7) is 9.55. The molecule has 122 valence electrons. The van der Waals surface area contributed by atoms with E-state index in [1.54, 1.807) is 0 Å². The van der Waals surface area contributed by atoms with Gasteiger partial charge in [0.15, 0.2) is 0 Å². The van der Waals surface area contributed by atoms with Crippen LogP contribution in [0.5, 0.6) is 0 Å². The minimum absolute atomic E-state index is 0.349. The summed E-state index contributed by atoms with van der Waals surface area (Å²) < 4.78 is 5.68. The number of nitrogens with one attached hydrogen (secondary N) is 1. The van der Waals surface area contributed by atoms with Crippen molar-refractivity contribution in [3.05, 3.63) is 0 Å². The third-order valence-corrected chi connectivity index (χ3v) is 6.01. The molecule has 1 N–H and O–H groups in total. The van der Waals surface area contributed by atoms with Crippen LogP contribution in [0.4, 0.5) is 0 Å². The Labute approximate surface area is 130 Å². The predicted octanol–water partition coefficient (Wildman–Crippen LogP) is 3.04. The highest BCUT2D eigenvalue weighted by atomic mass is 16.5.